The van der Waals surface area contributed by atoms with Crippen LogP contribution >= 0.6 is 0 Å². The minimum absolute atomic E-state index is 0.145. The molecule has 2 aromatic carbocycles. The normalized spacial score (nSPS) is 21.2. The molecule has 0 radical (unpaired) electrons. The van der Waals surface area contributed by atoms with Gasteiger partial charge in [0.05, 0.1) is 5.25 Å². The Morgan fingerprint density at radius 2 is 1.81 bits per heavy atom. The van der Waals surface area contributed by atoms with E-state index in [-0.39, 0.29) is 12.3 Å². The Kier molecular flexibility index (Phi) is 6.52. The Balaban J connectivity index is 1.92. The molecule has 0 aliphatic heterocycles. The zero-order chi connectivity index (χ0) is 22.8. The maximum Gasteiger partial charge on any atom is 0.270 e. The number of hydrogen-bond donors (Lipinski definition) is 2. The molecule has 2 amide bonds. The van der Waals surface area contributed by atoms with E-state index in [0.717, 1.165) is 16.7 Å². The molecule has 7 nitrogen and oxygen atoms in total. The number of benzene rings is 2. The zero-order valence-corrected chi connectivity index (χ0v) is 18.7. The fourth-order valence-electron chi connectivity index (χ4n) is 4.04. The second kappa shape index (κ2) is 8.80. The van der Waals surface area contributed by atoms with Crippen LogP contribution in [0.15, 0.2) is 48.5 Å². The molecule has 3 N–H and O–H groups in total. The first-order valence-corrected chi connectivity index (χ1v) is 11.7. The summed E-state index contributed by atoms with van der Waals surface area (Å²) in [7, 11) is -3.93. The third kappa shape index (κ3) is 4.80. The molecule has 0 aromatic heterocycles. The van der Waals surface area contributed by atoms with Crippen molar-refractivity contribution in [1.29, 1.82) is 0 Å². The van der Waals surface area contributed by atoms with E-state index in [1.807, 2.05) is 48.5 Å². The van der Waals surface area contributed by atoms with Crippen LogP contribution in [0.3, 0.4) is 0 Å². The summed E-state index contributed by atoms with van der Waals surface area (Å²) in [6.07, 6.45) is 1.51. The van der Waals surface area contributed by atoms with Crippen LogP contribution in [0.25, 0.3) is 11.1 Å². The lowest BCUT2D eigenvalue weighted by molar-refractivity contribution is -0.134. The third-order valence-electron chi connectivity index (χ3n) is 5.69. The molecule has 0 heterocycles. The Morgan fingerprint density at radius 3 is 2.39 bits per heavy atom. The number of anilines is 1. The average Bonchev–Trinajstić information content (AvgIpc) is 3.12. The predicted octanol–water partition coefficient (Wildman–Crippen LogP) is 3.56. The van der Waals surface area contributed by atoms with E-state index in [1.54, 1.807) is 0 Å². The maximum absolute atomic E-state index is 12.5. The van der Waals surface area contributed by atoms with Gasteiger partial charge in [-0.1, -0.05) is 36.4 Å². The molecule has 166 valence electrons. The van der Waals surface area contributed by atoms with Gasteiger partial charge in [0.2, 0.25) is 5.91 Å². The topological polar surface area (TPSA) is 116 Å². The van der Waals surface area contributed by atoms with Crippen LogP contribution in [0.5, 0.6) is 0 Å². The van der Waals surface area contributed by atoms with Gasteiger partial charge in [0.15, 0.2) is 5.60 Å². The molecule has 2 atom stereocenters. The van der Waals surface area contributed by atoms with E-state index < -0.39 is 32.8 Å². The monoisotopic (exact) mass is 444 g/mol. The van der Waals surface area contributed by atoms with Crippen LogP contribution < -0.4 is 11.1 Å². The van der Waals surface area contributed by atoms with Gasteiger partial charge >= 0.3 is 0 Å². The van der Waals surface area contributed by atoms with Gasteiger partial charge in [0.25, 0.3) is 16.0 Å². The average molecular weight is 445 g/mol. The number of carbonyl (C=O) groups excluding carboxylic acids is 2. The molecule has 1 aliphatic rings. The smallest absolute Gasteiger partial charge is 0.270 e. The number of hydrogen-bond acceptors (Lipinski definition) is 5. The van der Waals surface area contributed by atoms with Gasteiger partial charge in [-0.15, -0.1) is 0 Å². The van der Waals surface area contributed by atoms with E-state index >= 15 is 0 Å². The molecular formula is C23H28N2O5S. The Labute approximate surface area is 183 Å². The highest BCUT2D eigenvalue weighted by Crippen LogP contribution is 2.47. The minimum Gasteiger partial charge on any atom is -0.367 e. The van der Waals surface area contributed by atoms with E-state index in [1.165, 1.54) is 20.8 Å². The number of amides is 2. The first-order chi connectivity index (χ1) is 14.5. The van der Waals surface area contributed by atoms with Gasteiger partial charge in [0.1, 0.15) is 0 Å². The summed E-state index contributed by atoms with van der Waals surface area (Å²) < 4.78 is 30.4. The largest absolute Gasteiger partial charge is 0.367 e. The SMILES string of the molecule is CC(=O)Nc1cccc(-c2ccc(C3CCCC3(OS(=O)(=O)C(C)C)C(N)=O)cc2)c1. The highest BCUT2D eigenvalue weighted by molar-refractivity contribution is 7.87. The Hall–Kier alpha value is -2.71. The fraction of sp³-hybridized carbons (Fsp3) is 0.391. The summed E-state index contributed by atoms with van der Waals surface area (Å²) >= 11 is 0. The molecule has 31 heavy (non-hydrogen) atoms. The lowest BCUT2D eigenvalue weighted by Gasteiger charge is -2.32. The molecule has 8 heteroatoms. The van der Waals surface area contributed by atoms with Crippen molar-refractivity contribution < 1.29 is 22.2 Å². The molecule has 3 rings (SSSR count). The summed E-state index contributed by atoms with van der Waals surface area (Å²) in [5.41, 5.74) is 7.46. The Morgan fingerprint density at radius 1 is 1.13 bits per heavy atom. The van der Waals surface area contributed by atoms with E-state index in [4.69, 9.17) is 9.92 Å². The number of nitrogens with two attached hydrogens (primary N) is 1. The van der Waals surface area contributed by atoms with Gasteiger partial charge in [-0.3, -0.25) is 13.8 Å². The quantitative estimate of drug-likeness (QED) is 0.634. The van der Waals surface area contributed by atoms with Crippen LogP contribution in [0, 0.1) is 0 Å². The second-order valence-corrected chi connectivity index (χ2v) is 10.3. The second-order valence-electron chi connectivity index (χ2n) is 8.21. The van der Waals surface area contributed by atoms with Gasteiger partial charge in [0, 0.05) is 18.5 Å². The van der Waals surface area contributed by atoms with E-state index in [2.05, 4.69) is 5.32 Å². The lowest BCUT2D eigenvalue weighted by Crippen LogP contribution is -2.50. The summed E-state index contributed by atoms with van der Waals surface area (Å²) in [6.45, 7) is 4.48. The molecule has 1 aliphatic carbocycles. The number of rotatable bonds is 7. The van der Waals surface area contributed by atoms with Crippen LogP contribution in [0.1, 0.15) is 51.5 Å². The lowest BCUT2D eigenvalue weighted by atomic mass is 9.84. The first kappa shape index (κ1) is 23.0. The van der Waals surface area contributed by atoms with Gasteiger partial charge < -0.3 is 11.1 Å². The van der Waals surface area contributed by atoms with Crippen molar-refractivity contribution >= 4 is 27.6 Å². The highest BCUT2D eigenvalue weighted by Gasteiger charge is 2.53. The molecule has 2 unspecified atom stereocenters. The van der Waals surface area contributed by atoms with Gasteiger partial charge in [-0.2, -0.15) is 8.42 Å². The number of nitrogens with one attached hydrogen (secondary N) is 1. The van der Waals surface area contributed by atoms with Crippen LogP contribution in [-0.4, -0.2) is 31.1 Å². The number of primary amides is 1. The van der Waals surface area contributed by atoms with Crippen molar-refractivity contribution in [3.63, 3.8) is 0 Å². The predicted molar refractivity (Wildman–Crippen MR) is 120 cm³/mol. The summed E-state index contributed by atoms with van der Waals surface area (Å²) in [4.78, 5) is 23.7. The highest BCUT2D eigenvalue weighted by atomic mass is 32.2. The zero-order valence-electron chi connectivity index (χ0n) is 17.9. The standard InChI is InChI=1S/C23H28N2O5S/c1-15(2)31(28,29)30-23(22(24)27)13-5-8-21(23)18-11-9-17(10-12-18)19-6-4-7-20(14-19)25-16(3)26/h4,6-7,9-12,14-15,21H,5,8,13H2,1-3H3,(H2,24,27)(H,25,26). The molecule has 1 fully saturated rings. The molecule has 0 spiro atoms. The summed E-state index contributed by atoms with van der Waals surface area (Å²) in [5, 5.41) is 1.99. The summed E-state index contributed by atoms with van der Waals surface area (Å²) in [5.74, 6) is -1.35. The van der Waals surface area contributed by atoms with Gasteiger partial charge in [-0.25, -0.2) is 0 Å². The van der Waals surface area contributed by atoms with Crippen molar-refractivity contribution in [2.45, 2.75) is 56.8 Å². The summed E-state index contributed by atoms with van der Waals surface area (Å²) in [6, 6.07) is 15.0. The molecular weight excluding hydrogens is 416 g/mol. The van der Waals surface area contributed by atoms with Crippen molar-refractivity contribution in [3.05, 3.63) is 54.1 Å². The fourth-order valence-corrected chi connectivity index (χ4v) is 4.93. The Bertz CT molecular complexity index is 1080. The van der Waals surface area contributed by atoms with Crippen molar-refractivity contribution in [2.75, 3.05) is 5.32 Å². The van der Waals surface area contributed by atoms with Crippen molar-refractivity contribution in [1.82, 2.24) is 0 Å². The first-order valence-electron chi connectivity index (χ1n) is 10.3. The minimum atomic E-state index is -3.93. The maximum atomic E-state index is 12.5. The number of carbonyl (C=O) groups is 2. The van der Waals surface area contributed by atoms with E-state index in [0.29, 0.717) is 18.5 Å². The molecule has 2 aromatic rings. The van der Waals surface area contributed by atoms with Gasteiger partial charge in [-0.05, 0) is 61.9 Å². The molecule has 0 saturated heterocycles. The van der Waals surface area contributed by atoms with Crippen molar-refractivity contribution in [3.8, 4) is 11.1 Å². The van der Waals surface area contributed by atoms with Crippen LogP contribution in [0.4, 0.5) is 5.69 Å². The van der Waals surface area contributed by atoms with Crippen LogP contribution in [0.2, 0.25) is 0 Å². The molecule has 1 saturated carbocycles. The van der Waals surface area contributed by atoms with E-state index in [9.17, 15) is 18.0 Å². The third-order valence-corrected chi connectivity index (χ3v) is 7.38. The molecule has 0 bridgehead atoms. The van der Waals surface area contributed by atoms with Crippen LogP contribution in [-0.2, 0) is 23.9 Å². The van der Waals surface area contributed by atoms with Crippen molar-refractivity contribution in [2.24, 2.45) is 5.73 Å².